The Morgan fingerprint density at radius 3 is 2.77 bits per heavy atom. The second-order valence-electron chi connectivity index (χ2n) is 3.43. The molecule has 0 amide bonds. The second-order valence-corrected chi connectivity index (χ2v) is 3.43. The van der Waals surface area contributed by atoms with Crippen molar-refractivity contribution in [3.05, 3.63) is 0 Å². The van der Waals surface area contributed by atoms with Gasteiger partial charge in [0.25, 0.3) is 0 Å². The van der Waals surface area contributed by atoms with Gasteiger partial charge in [0.2, 0.25) is 0 Å². The molecule has 4 nitrogen and oxygen atoms in total. The van der Waals surface area contributed by atoms with Gasteiger partial charge in [-0.3, -0.25) is 4.79 Å². The maximum absolute atomic E-state index is 11.3. The first-order valence-corrected chi connectivity index (χ1v) is 4.65. The van der Waals surface area contributed by atoms with Crippen LogP contribution in [-0.4, -0.2) is 32.3 Å². The van der Waals surface area contributed by atoms with Gasteiger partial charge in [-0.25, -0.2) is 0 Å². The van der Waals surface area contributed by atoms with Crippen molar-refractivity contribution in [1.82, 2.24) is 0 Å². The van der Waals surface area contributed by atoms with Crippen molar-refractivity contribution in [2.45, 2.75) is 25.3 Å². The summed E-state index contributed by atoms with van der Waals surface area (Å²) in [5, 5.41) is 0. The van der Waals surface area contributed by atoms with Crippen molar-refractivity contribution in [3.8, 4) is 0 Å². The molecule has 4 heteroatoms. The van der Waals surface area contributed by atoms with E-state index in [1.807, 2.05) is 0 Å². The largest absolute Gasteiger partial charge is 0.463 e. The third kappa shape index (κ3) is 3.32. The first-order valence-electron chi connectivity index (χ1n) is 4.65. The van der Waals surface area contributed by atoms with E-state index in [1.54, 1.807) is 7.11 Å². The third-order valence-corrected chi connectivity index (χ3v) is 2.34. The minimum Gasteiger partial charge on any atom is -0.463 e. The van der Waals surface area contributed by atoms with Crippen molar-refractivity contribution in [2.24, 2.45) is 11.7 Å². The van der Waals surface area contributed by atoms with Crippen LogP contribution in [-0.2, 0) is 14.3 Å². The maximum Gasteiger partial charge on any atom is 0.309 e. The Morgan fingerprint density at radius 2 is 2.23 bits per heavy atom. The molecule has 1 aliphatic rings. The van der Waals surface area contributed by atoms with Gasteiger partial charge >= 0.3 is 5.97 Å². The Bertz CT molecular complexity index is 172. The molecule has 1 saturated carbocycles. The van der Waals surface area contributed by atoms with Crippen LogP contribution in [0.25, 0.3) is 0 Å². The number of rotatable bonds is 4. The van der Waals surface area contributed by atoms with E-state index < -0.39 is 0 Å². The maximum atomic E-state index is 11.3. The van der Waals surface area contributed by atoms with Crippen molar-refractivity contribution in [1.29, 1.82) is 0 Å². The summed E-state index contributed by atoms with van der Waals surface area (Å²) >= 11 is 0. The van der Waals surface area contributed by atoms with Gasteiger partial charge in [-0.15, -0.1) is 0 Å². The van der Waals surface area contributed by atoms with Crippen LogP contribution in [0.1, 0.15) is 19.3 Å². The van der Waals surface area contributed by atoms with Gasteiger partial charge in [0, 0.05) is 13.2 Å². The highest BCUT2D eigenvalue weighted by molar-refractivity contribution is 5.72. The number of carbonyl (C=O) groups excluding carboxylic acids is 1. The van der Waals surface area contributed by atoms with Crippen LogP contribution < -0.4 is 5.73 Å². The molecule has 0 aliphatic heterocycles. The molecular weight excluding hydrogens is 170 g/mol. The molecular formula is C9H17NO3. The number of hydrogen-bond donors (Lipinski definition) is 1. The van der Waals surface area contributed by atoms with Crippen molar-refractivity contribution in [2.75, 3.05) is 20.3 Å². The number of methoxy groups -OCH3 is 1. The van der Waals surface area contributed by atoms with E-state index >= 15 is 0 Å². The number of esters is 1. The van der Waals surface area contributed by atoms with E-state index in [1.165, 1.54) is 0 Å². The fourth-order valence-corrected chi connectivity index (χ4v) is 1.57. The lowest BCUT2D eigenvalue weighted by molar-refractivity contribution is -0.149. The van der Waals surface area contributed by atoms with Crippen LogP contribution in [0.4, 0.5) is 0 Å². The Morgan fingerprint density at radius 1 is 1.46 bits per heavy atom. The average Bonchev–Trinajstić information content (AvgIpc) is 2.52. The Kier molecular flexibility index (Phi) is 4.18. The first-order chi connectivity index (χ1) is 6.24. The average molecular weight is 187 g/mol. The summed E-state index contributed by atoms with van der Waals surface area (Å²) in [5.74, 6) is -0.100. The van der Waals surface area contributed by atoms with E-state index in [4.69, 9.17) is 15.2 Å². The number of nitrogens with two attached hydrogens (primary N) is 1. The van der Waals surface area contributed by atoms with Gasteiger partial charge < -0.3 is 15.2 Å². The van der Waals surface area contributed by atoms with Crippen molar-refractivity contribution >= 4 is 5.97 Å². The van der Waals surface area contributed by atoms with Crippen LogP contribution >= 0.6 is 0 Å². The van der Waals surface area contributed by atoms with E-state index in [0.29, 0.717) is 13.2 Å². The zero-order valence-corrected chi connectivity index (χ0v) is 7.99. The van der Waals surface area contributed by atoms with Crippen LogP contribution in [0.5, 0.6) is 0 Å². The molecule has 13 heavy (non-hydrogen) atoms. The fraction of sp³-hybridized carbons (Fsp3) is 0.889. The number of ether oxygens (including phenoxy) is 2. The van der Waals surface area contributed by atoms with E-state index in [0.717, 1.165) is 19.3 Å². The molecule has 2 N–H and O–H groups in total. The topological polar surface area (TPSA) is 61.5 Å². The number of hydrogen-bond acceptors (Lipinski definition) is 4. The van der Waals surface area contributed by atoms with Crippen molar-refractivity contribution in [3.63, 3.8) is 0 Å². The summed E-state index contributed by atoms with van der Waals surface area (Å²) in [4.78, 5) is 11.3. The molecule has 0 saturated heterocycles. The van der Waals surface area contributed by atoms with E-state index in [-0.39, 0.29) is 17.9 Å². The summed E-state index contributed by atoms with van der Waals surface area (Å²) in [7, 11) is 1.58. The van der Waals surface area contributed by atoms with Gasteiger partial charge in [0.1, 0.15) is 6.61 Å². The van der Waals surface area contributed by atoms with E-state index in [9.17, 15) is 4.79 Å². The predicted octanol–water partition coefficient (Wildman–Crippen LogP) is 0.303. The standard InChI is InChI=1S/C9H17NO3/c1-12-4-5-13-9(11)7-2-3-8(10)6-7/h7-8H,2-6,10H2,1H3. The minimum atomic E-state index is -0.120. The highest BCUT2D eigenvalue weighted by Gasteiger charge is 2.28. The third-order valence-electron chi connectivity index (χ3n) is 2.34. The Balaban J connectivity index is 2.16. The molecule has 0 aromatic carbocycles. The van der Waals surface area contributed by atoms with Crippen LogP contribution in [0.3, 0.4) is 0 Å². The monoisotopic (exact) mass is 187 g/mol. The molecule has 0 aromatic rings. The molecule has 0 bridgehead atoms. The molecule has 0 heterocycles. The normalized spacial score (nSPS) is 27.5. The Labute approximate surface area is 78.4 Å². The lowest BCUT2D eigenvalue weighted by atomic mass is 10.1. The van der Waals surface area contributed by atoms with Crippen molar-refractivity contribution < 1.29 is 14.3 Å². The van der Waals surface area contributed by atoms with Gasteiger partial charge in [-0.05, 0) is 19.3 Å². The van der Waals surface area contributed by atoms with Crippen LogP contribution in [0, 0.1) is 5.92 Å². The number of carbonyl (C=O) groups is 1. The first kappa shape index (κ1) is 10.5. The van der Waals surface area contributed by atoms with Gasteiger partial charge in [0.05, 0.1) is 12.5 Å². The summed E-state index contributed by atoms with van der Waals surface area (Å²) in [6, 6.07) is 0.181. The van der Waals surface area contributed by atoms with E-state index in [2.05, 4.69) is 0 Å². The lowest BCUT2D eigenvalue weighted by Gasteiger charge is -2.09. The SMILES string of the molecule is COCCOC(=O)C1CCC(N)C1. The van der Waals surface area contributed by atoms with Crippen LogP contribution in [0.2, 0.25) is 0 Å². The van der Waals surface area contributed by atoms with Gasteiger partial charge in [-0.1, -0.05) is 0 Å². The summed E-state index contributed by atoms with van der Waals surface area (Å²) in [5.41, 5.74) is 5.69. The lowest BCUT2D eigenvalue weighted by Crippen LogP contribution is -2.20. The highest BCUT2D eigenvalue weighted by Crippen LogP contribution is 2.24. The zero-order chi connectivity index (χ0) is 9.68. The summed E-state index contributed by atoms with van der Waals surface area (Å²) in [6.07, 6.45) is 2.57. The predicted molar refractivity (Wildman–Crippen MR) is 48.2 cm³/mol. The molecule has 0 spiro atoms. The van der Waals surface area contributed by atoms with Gasteiger partial charge in [-0.2, -0.15) is 0 Å². The smallest absolute Gasteiger partial charge is 0.309 e. The molecule has 1 fully saturated rings. The zero-order valence-electron chi connectivity index (χ0n) is 7.99. The van der Waals surface area contributed by atoms with Crippen LogP contribution in [0.15, 0.2) is 0 Å². The summed E-state index contributed by atoms with van der Waals surface area (Å²) in [6.45, 7) is 0.811. The molecule has 0 aromatic heterocycles. The Hall–Kier alpha value is -0.610. The molecule has 1 rings (SSSR count). The quantitative estimate of drug-likeness (QED) is 0.508. The van der Waals surface area contributed by atoms with Gasteiger partial charge in [0.15, 0.2) is 0 Å². The molecule has 0 radical (unpaired) electrons. The molecule has 76 valence electrons. The fourth-order valence-electron chi connectivity index (χ4n) is 1.57. The minimum absolute atomic E-state index is 0.0202. The highest BCUT2D eigenvalue weighted by atomic mass is 16.6. The second kappa shape index (κ2) is 5.19. The molecule has 2 atom stereocenters. The summed E-state index contributed by atoms with van der Waals surface area (Å²) < 4.78 is 9.77. The molecule has 2 unspecified atom stereocenters. The molecule has 1 aliphatic carbocycles.